The first-order chi connectivity index (χ1) is 10.7. The Hall–Kier alpha value is -2.49. The number of ether oxygens (including phenoxy) is 2. The standard InChI is InChI=1S/C18H18O4/c1-2-21-18(20)10-9-17-15-11-12(19)7-8-13(15)14-5-3-4-6-16(14)22-17/h3-8,11,17,19H,2,9-10H2,1H3. The molecular formula is C18H18O4. The molecule has 0 fully saturated rings. The minimum absolute atomic E-state index is 0.197. The Kier molecular flexibility index (Phi) is 4.00. The van der Waals surface area contributed by atoms with E-state index in [1.54, 1.807) is 19.1 Å². The molecule has 1 unspecified atom stereocenters. The third-order valence-electron chi connectivity index (χ3n) is 3.74. The van der Waals surface area contributed by atoms with Crippen LogP contribution in [0, 0.1) is 0 Å². The van der Waals surface area contributed by atoms with Crippen molar-refractivity contribution in [1.29, 1.82) is 0 Å². The van der Waals surface area contributed by atoms with Crippen molar-refractivity contribution in [3.05, 3.63) is 48.0 Å². The van der Waals surface area contributed by atoms with Crippen molar-refractivity contribution in [3.63, 3.8) is 0 Å². The van der Waals surface area contributed by atoms with E-state index in [9.17, 15) is 9.90 Å². The van der Waals surface area contributed by atoms with Crippen LogP contribution in [-0.2, 0) is 9.53 Å². The van der Waals surface area contributed by atoms with Gasteiger partial charge in [0.1, 0.15) is 17.6 Å². The van der Waals surface area contributed by atoms with Crippen LogP contribution in [0.25, 0.3) is 11.1 Å². The fourth-order valence-electron chi connectivity index (χ4n) is 2.77. The second-order valence-electron chi connectivity index (χ2n) is 5.22. The van der Waals surface area contributed by atoms with Gasteiger partial charge in [-0.3, -0.25) is 4.79 Å². The molecule has 0 saturated carbocycles. The van der Waals surface area contributed by atoms with Crippen molar-refractivity contribution in [3.8, 4) is 22.6 Å². The number of carbonyl (C=O) groups is 1. The van der Waals surface area contributed by atoms with E-state index in [1.807, 2.05) is 30.3 Å². The zero-order valence-electron chi connectivity index (χ0n) is 12.4. The van der Waals surface area contributed by atoms with Crippen molar-refractivity contribution in [2.24, 2.45) is 0 Å². The summed E-state index contributed by atoms with van der Waals surface area (Å²) in [4.78, 5) is 11.6. The summed E-state index contributed by atoms with van der Waals surface area (Å²) >= 11 is 0. The van der Waals surface area contributed by atoms with Gasteiger partial charge in [-0.05, 0) is 37.1 Å². The van der Waals surface area contributed by atoms with Gasteiger partial charge in [0.2, 0.25) is 0 Å². The van der Waals surface area contributed by atoms with E-state index in [-0.39, 0.29) is 24.2 Å². The van der Waals surface area contributed by atoms with Crippen LogP contribution < -0.4 is 4.74 Å². The van der Waals surface area contributed by atoms with E-state index in [4.69, 9.17) is 9.47 Å². The SMILES string of the molecule is CCOC(=O)CCC1Oc2ccccc2-c2ccc(O)cc21. The number of para-hydroxylation sites is 1. The molecule has 114 valence electrons. The predicted molar refractivity (Wildman–Crippen MR) is 82.8 cm³/mol. The van der Waals surface area contributed by atoms with Gasteiger partial charge in [0.15, 0.2) is 0 Å². The van der Waals surface area contributed by atoms with Gasteiger partial charge in [0.25, 0.3) is 0 Å². The number of benzene rings is 2. The number of hydrogen-bond donors (Lipinski definition) is 1. The van der Waals surface area contributed by atoms with Gasteiger partial charge < -0.3 is 14.6 Å². The predicted octanol–water partition coefficient (Wildman–Crippen LogP) is 3.84. The average Bonchev–Trinajstić information content (AvgIpc) is 2.52. The minimum atomic E-state index is -0.263. The highest BCUT2D eigenvalue weighted by molar-refractivity contribution is 5.76. The van der Waals surface area contributed by atoms with Crippen LogP contribution in [-0.4, -0.2) is 17.7 Å². The van der Waals surface area contributed by atoms with Crippen LogP contribution in [0.1, 0.15) is 31.4 Å². The molecule has 1 atom stereocenters. The maximum atomic E-state index is 11.6. The molecule has 1 N–H and O–H groups in total. The Bertz CT molecular complexity index is 693. The van der Waals surface area contributed by atoms with Gasteiger partial charge in [-0.1, -0.05) is 24.3 Å². The molecule has 0 saturated heterocycles. The molecule has 2 aromatic rings. The Morgan fingerprint density at radius 2 is 2.05 bits per heavy atom. The molecular weight excluding hydrogens is 280 g/mol. The van der Waals surface area contributed by atoms with Crippen molar-refractivity contribution < 1.29 is 19.4 Å². The Morgan fingerprint density at radius 1 is 1.23 bits per heavy atom. The molecule has 1 heterocycles. The summed E-state index contributed by atoms with van der Waals surface area (Å²) in [5.41, 5.74) is 2.95. The first-order valence-electron chi connectivity index (χ1n) is 7.43. The third-order valence-corrected chi connectivity index (χ3v) is 3.74. The largest absolute Gasteiger partial charge is 0.508 e. The van der Waals surface area contributed by atoms with E-state index in [2.05, 4.69) is 0 Å². The molecule has 0 bridgehead atoms. The van der Waals surface area contributed by atoms with Crippen molar-refractivity contribution in [2.75, 3.05) is 6.61 Å². The monoisotopic (exact) mass is 298 g/mol. The van der Waals surface area contributed by atoms with Crippen LogP contribution in [0.15, 0.2) is 42.5 Å². The molecule has 2 aromatic carbocycles. The number of aromatic hydroxyl groups is 1. The van der Waals surface area contributed by atoms with Gasteiger partial charge in [0.05, 0.1) is 6.61 Å². The molecule has 4 heteroatoms. The third kappa shape index (κ3) is 2.77. The first-order valence-corrected chi connectivity index (χ1v) is 7.43. The molecule has 0 amide bonds. The summed E-state index contributed by atoms with van der Waals surface area (Å²) in [5, 5.41) is 9.77. The quantitative estimate of drug-likeness (QED) is 0.871. The Morgan fingerprint density at radius 3 is 2.86 bits per heavy atom. The van der Waals surface area contributed by atoms with Crippen LogP contribution in [0.2, 0.25) is 0 Å². The topological polar surface area (TPSA) is 55.8 Å². The van der Waals surface area contributed by atoms with Crippen LogP contribution in [0.5, 0.6) is 11.5 Å². The highest BCUT2D eigenvalue weighted by Crippen LogP contribution is 2.44. The van der Waals surface area contributed by atoms with E-state index in [0.29, 0.717) is 13.0 Å². The molecule has 1 aliphatic rings. The highest BCUT2D eigenvalue weighted by Gasteiger charge is 2.26. The zero-order valence-corrected chi connectivity index (χ0v) is 12.4. The minimum Gasteiger partial charge on any atom is -0.508 e. The maximum absolute atomic E-state index is 11.6. The molecule has 0 aromatic heterocycles. The van der Waals surface area contributed by atoms with Crippen molar-refractivity contribution in [2.45, 2.75) is 25.9 Å². The van der Waals surface area contributed by atoms with Gasteiger partial charge in [-0.15, -0.1) is 0 Å². The second-order valence-corrected chi connectivity index (χ2v) is 5.22. The van der Waals surface area contributed by atoms with Gasteiger partial charge in [-0.25, -0.2) is 0 Å². The summed E-state index contributed by atoms with van der Waals surface area (Å²) in [6.45, 7) is 2.17. The summed E-state index contributed by atoms with van der Waals surface area (Å²) in [6, 6.07) is 13.1. The van der Waals surface area contributed by atoms with E-state index >= 15 is 0 Å². The lowest BCUT2D eigenvalue weighted by Gasteiger charge is -2.28. The van der Waals surface area contributed by atoms with Crippen LogP contribution >= 0.6 is 0 Å². The van der Waals surface area contributed by atoms with E-state index in [1.165, 1.54) is 0 Å². The number of fused-ring (bicyclic) bond motifs is 3. The van der Waals surface area contributed by atoms with Gasteiger partial charge in [-0.2, -0.15) is 0 Å². The molecule has 22 heavy (non-hydrogen) atoms. The number of phenolic OH excluding ortho intramolecular Hbond substituents is 1. The fourth-order valence-corrected chi connectivity index (χ4v) is 2.77. The molecule has 1 aliphatic heterocycles. The fraction of sp³-hybridized carbons (Fsp3) is 0.278. The van der Waals surface area contributed by atoms with Crippen molar-refractivity contribution >= 4 is 5.97 Å². The summed E-state index contributed by atoms with van der Waals surface area (Å²) in [7, 11) is 0. The first kappa shape index (κ1) is 14.4. The number of phenols is 1. The van der Waals surface area contributed by atoms with Crippen molar-refractivity contribution in [1.82, 2.24) is 0 Å². The summed E-state index contributed by atoms with van der Waals surface area (Å²) in [5.74, 6) is 0.768. The maximum Gasteiger partial charge on any atom is 0.305 e. The van der Waals surface area contributed by atoms with Crippen LogP contribution in [0.3, 0.4) is 0 Å². The summed E-state index contributed by atoms with van der Waals surface area (Å²) in [6.07, 6.45) is 0.542. The summed E-state index contributed by atoms with van der Waals surface area (Å²) < 4.78 is 11.0. The number of hydrogen-bond acceptors (Lipinski definition) is 4. The lowest BCUT2D eigenvalue weighted by atomic mass is 9.91. The lowest BCUT2D eigenvalue weighted by molar-refractivity contribution is -0.143. The zero-order chi connectivity index (χ0) is 15.5. The Labute approximate surface area is 129 Å². The van der Waals surface area contributed by atoms with Gasteiger partial charge >= 0.3 is 5.97 Å². The number of carbonyl (C=O) groups excluding carboxylic acids is 1. The molecule has 0 spiro atoms. The van der Waals surface area contributed by atoms with E-state index in [0.717, 1.165) is 22.4 Å². The Balaban J connectivity index is 1.91. The average molecular weight is 298 g/mol. The molecule has 4 nitrogen and oxygen atoms in total. The van der Waals surface area contributed by atoms with E-state index < -0.39 is 0 Å². The number of rotatable bonds is 4. The molecule has 0 radical (unpaired) electrons. The highest BCUT2D eigenvalue weighted by atomic mass is 16.5. The lowest BCUT2D eigenvalue weighted by Crippen LogP contribution is -2.16. The smallest absolute Gasteiger partial charge is 0.305 e. The molecule has 0 aliphatic carbocycles. The normalized spacial score (nSPS) is 15.4. The van der Waals surface area contributed by atoms with Crippen LogP contribution in [0.4, 0.5) is 0 Å². The van der Waals surface area contributed by atoms with Gasteiger partial charge in [0, 0.05) is 17.5 Å². The number of esters is 1. The second kappa shape index (κ2) is 6.10. The molecule has 3 rings (SSSR count).